The molecule has 5 nitrogen and oxygen atoms in total. The van der Waals surface area contributed by atoms with Crippen LogP contribution >= 0.6 is 0 Å². The molecule has 0 aromatic carbocycles. The molecule has 0 bridgehead atoms. The second-order valence-corrected chi connectivity index (χ2v) is 4.48. The summed E-state index contributed by atoms with van der Waals surface area (Å²) in [6.45, 7) is 2.89. The molecular formula is C12H17N5. The van der Waals surface area contributed by atoms with Crippen LogP contribution in [0.5, 0.6) is 0 Å². The summed E-state index contributed by atoms with van der Waals surface area (Å²) in [4.78, 5) is 4.12. The van der Waals surface area contributed by atoms with Crippen molar-refractivity contribution in [3.05, 3.63) is 30.4 Å². The van der Waals surface area contributed by atoms with E-state index in [1.54, 1.807) is 6.20 Å². The average Bonchev–Trinajstić information content (AvgIpc) is 3.09. The molecular weight excluding hydrogens is 214 g/mol. The lowest BCUT2D eigenvalue weighted by molar-refractivity contribution is 0.609. The molecule has 5 heteroatoms. The van der Waals surface area contributed by atoms with Crippen LogP contribution in [-0.4, -0.2) is 33.7 Å². The van der Waals surface area contributed by atoms with Crippen LogP contribution in [-0.2, 0) is 6.54 Å². The maximum atomic E-state index is 4.28. The van der Waals surface area contributed by atoms with Crippen molar-refractivity contribution in [2.45, 2.75) is 25.4 Å². The van der Waals surface area contributed by atoms with Crippen molar-refractivity contribution >= 4 is 5.52 Å². The van der Waals surface area contributed by atoms with E-state index < -0.39 is 0 Å². The van der Waals surface area contributed by atoms with Gasteiger partial charge in [0, 0.05) is 43.6 Å². The zero-order valence-corrected chi connectivity index (χ0v) is 9.76. The van der Waals surface area contributed by atoms with Crippen molar-refractivity contribution in [3.8, 4) is 0 Å². The Hall–Kier alpha value is -1.46. The first-order valence-electron chi connectivity index (χ1n) is 6.14. The SMILES string of the molecule is c1cn2ncc(CNCCNC3CC3)c2cn1. The minimum Gasteiger partial charge on any atom is -0.313 e. The van der Waals surface area contributed by atoms with Crippen molar-refractivity contribution in [1.82, 2.24) is 25.2 Å². The quantitative estimate of drug-likeness (QED) is 0.714. The first-order chi connectivity index (χ1) is 8.43. The first-order valence-corrected chi connectivity index (χ1v) is 6.14. The number of aromatic nitrogens is 3. The summed E-state index contributed by atoms with van der Waals surface area (Å²) in [5.41, 5.74) is 2.28. The van der Waals surface area contributed by atoms with Crippen molar-refractivity contribution in [1.29, 1.82) is 0 Å². The van der Waals surface area contributed by atoms with E-state index in [1.165, 1.54) is 18.4 Å². The predicted octanol–water partition coefficient (Wildman–Crippen LogP) is 0.571. The Morgan fingerprint density at radius 1 is 1.29 bits per heavy atom. The standard InChI is InChI=1S/C12H17N5/c1-2-11(1)15-4-3-13-7-10-8-16-17-6-5-14-9-12(10)17/h5-6,8-9,11,13,15H,1-4,7H2. The van der Waals surface area contributed by atoms with Crippen molar-refractivity contribution < 1.29 is 0 Å². The van der Waals surface area contributed by atoms with E-state index in [0.717, 1.165) is 31.2 Å². The van der Waals surface area contributed by atoms with Crippen molar-refractivity contribution in [2.24, 2.45) is 0 Å². The Bertz CT molecular complexity index is 488. The van der Waals surface area contributed by atoms with Gasteiger partial charge in [0.15, 0.2) is 0 Å². The lowest BCUT2D eigenvalue weighted by Crippen LogP contribution is -2.28. The summed E-state index contributed by atoms with van der Waals surface area (Å²) in [7, 11) is 0. The lowest BCUT2D eigenvalue weighted by Gasteiger charge is -2.04. The van der Waals surface area contributed by atoms with Gasteiger partial charge >= 0.3 is 0 Å². The molecule has 2 aromatic rings. The van der Waals surface area contributed by atoms with Crippen LogP contribution in [0.4, 0.5) is 0 Å². The van der Waals surface area contributed by atoms with Gasteiger partial charge in [-0.3, -0.25) is 4.98 Å². The highest BCUT2D eigenvalue weighted by atomic mass is 15.2. The Kier molecular flexibility index (Phi) is 3.02. The molecule has 0 aliphatic heterocycles. The number of fused-ring (bicyclic) bond motifs is 1. The molecule has 3 rings (SSSR count). The van der Waals surface area contributed by atoms with Gasteiger partial charge in [-0.1, -0.05) is 0 Å². The van der Waals surface area contributed by atoms with E-state index in [4.69, 9.17) is 0 Å². The minimum absolute atomic E-state index is 0.790. The van der Waals surface area contributed by atoms with E-state index in [0.29, 0.717) is 0 Å². The molecule has 2 N–H and O–H groups in total. The maximum Gasteiger partial charge on any atom is 0.0889 e. The van der Waals surface area contributed by atoms with Crippen LogP contribution in [0.3, 0.4) is 0 Å². The monoisotopic (exact) mass is 231 g/mol. The molecule has 0 amide bonds. The maximum absolute atomic E-state index is 4.28. The fourth-order valence-corrected chi connectivity index (χ4v) is 1.89. The summed E-state index contributed by atoms with van der Waals surface area (Å²) >= 11 is 0. The van der Waals surface area contributed by atoms with Crippen molar-refractivity contribution in [2.75, 3.05) is 13.1 Å². The minimum atomic E-state index is 0.790. The van der Waals surface area contributed by atoms with Crippen LogP contribution in [0.1, 0.15) is 18.4 Å². The summed E-state index contributed by atoms with van der Waals surface area (Å²) in [5.74, 6) is 0. The van der Waals surface area contributed by atoms with Gasteiger partial charge in [0.05, 0.1) is 17.9 Å². The summed E-state index contributed by atoms with van der Waals surface area (Å²) in [6, 6.07) is 0.790. The van der Waals surface area contributed by atoms with Crippen LogP contribution in [0.25, 0.3) is 5.52 Å². The van der Waals surface area contributed by atoms with Crippen LogP contribution in [0.2, 0.25) is 0 Å². The van der Waals surface area contributed by atoms with Crippen molar-refractivity contribution in [3.63, 3.8) is 0 Å². The molecule has 2 heterocycles. The molecule has 0 saturated heterocycles. The van der Waals surface area contributed by atoms with Gasteiger partial charge in [-0.25, -0.2) is 4.52 Å². The van der Waals surface area contributed by atoms with Crippen LogP contribution in [0.15, 0.2) is 24.8 Å². The highest BCUT2D eigenvalue weighted by molar-refractivity contribution is 5.51. The molecule has 1 saturated carbocycles. The van der Waals surface area contributed by atoms with Crippen LogP contribution < -0.4 is 10.6 Å². The third-order valence-electron chi connectivity index (χ3n) is 3.03. The van der Waals surface area contributed by atoms with E-state index in [1.807, 2.05) is 23.1 Å². The Labute approximate surface area is 100 Å². The molecule has 90 valence electrons. The summed E-state index contributed by atoms with van der Waals surface area (Å²) < 4.78 is 1.85. The molecule has 1 aliphatic carbocycles. The lowest BCUT2D eigenvalue weighted by atomic mass is 10.3. The van der Waals surface area contributed by atoms with E-state index in [-0.39, 0.29) is 0 Å². The normalized spacial score (nSPS) is 15.5. The molecule has 2 aromatic heterocycles. The van der Waals surface area contributed by atoms with Gasteiger partial charge in [-0.15, -0.1) is 0 Å². The summed E-state index contributed by atoms with van der Waals surface area (Å²) in [5, 5.41) is 11.2. The fourth-order valence-electron chi connectivity index (χ4n) is 1.89. The molecule has 0 atom stereocenters. The Morgan fingerprint density at radius 3 is 3.12 bits per heavy atom. The Morgan fingerprint density at radius 2 is 2.24 bits per heavy atom. The molecule has 0 radical (unpaired) electrons. The molecule has 1 aliphatic rings. The average molecular weight is 231 g/mol. The number of nitrogens with one attached hydrogen (secondary N) is 2. The van der Waals surface area contributed by atoms with E-state index in [9.17, 15) is 0 Å². The Balaban J connectivity index is 1.50. The molecule has 17 heavy (non-hydrogen) atoms. The zero-order valence-electron chi connectivity index (χ0n) is 9.76. The van der Waals surface area contributed by atoms with Gasteiger partial charge in [-0.05, 0) is 12.8 Å². The van der Waals surface area contributed by atoms with Gasteiger partial charge in [0.2, 0.25) is 0 Å². The number of nitrogens with zero attached hydrogens (tertiary/aromatic N) is 3. The molecule has 1 fully saturated rings. The number of rotatable bonds is 6. The van der Waals surface area contributed by atoms with E-state index >= 15 is 0 Å². The van der Waals surface area contributed by atoms with Gasteiger partial charge < -0.3 is 10.6 Å². The molecule has 0 spiro atoms. The largest absolute Gasteiger partial charge is 0.313 e. The third-order valence-corrected chi connectivity index (χ3v) is 3.03. The highest BCUT2D eigenvalue weighted by Crippen LogP contribution is 2.17. The van der Waals surface area contributed by atoms with Gasteiger partial charge in [-0.2, -0.15) is 5.10 Å². The molecule has 0 unspecified atom stereocenters. The van der Waals surface area contributed by atoms with Crippen LogP contribution in [0, 0.1) is 0 Å². The topological polar surface area (TPSA) is 54.2 Å². The smallest absolute Gasteiger partial charge is 0.0889 e. The fraction of sp³-hybridized carbons (Fsp3) is 0.500. The first kappa shape index (κ1) is 10.7. The second-order valence-electron chi connectivity index (χ2n) is 4.48. The predicted molar refractivity (Wildman–Crippen MR) is 65.7 cm³/mol. The second kappa shape index (κ2) is 4.81. The number of hydrogen-bond acceptors (Lipinski definition) is 4. The van der Waals surface area contributed by atoms with E-state index in [2.05, 4.69) is 20.7 Å². The highest BCUT2D eigenvalue weighted by Gasteiger charge is 2.19. The van der Waals surface area contributed by atoms with Gasteiger partial charge in [0.25, 0.3) is 0 Å². The third kappa shape index (κ3) is 2.62. The number of hydrogen-bond donors (Lipinski definition) is 2. The zero-order chi connectivity index (χ0) is 11.5. The summed E-state index contributed by atoms with van der Waals surface area (Å²) in [6.07, 6.45) is 10.1. The van der Waals surface area contributed by atoms with Gasteiger partial charge in [0.1, 0.15) is 0 Å².